The summed E-state index contributed by atoms with van der Waals surface area (Å²) in [5.74, 6) is 0.388. The van der Waals surface area contributed by atoms with Crippen molar-refractivity contribution < 1.29 is 14.3 Å². The Kier molecular flexibility index (Phi) is 4.11. The molecule has 0 radical (unpaired) electrons. The lowest BCUT2D eigenvalue weighted by atomic mass is 10.1. The average Bonchev–Trinajstić information content (AvgIpc) is 2.25. The largest absolute Gasteiger partial charge is 0.488 e. The highest BCUT2D eigenvalue weighted by molar-refractivity contribution is 6.01. The molecule has 0 aliphatic heterocycles. The van der Waals surface area contributed by atoms with E-state index in [1.165, 1.54) is 4.90 Å². The Morgan fingerprint density at radius 2 is 1.89 bits per heavy atom. The van der Waals surface area contributed by atoms with E-state index in [2.05, 4.69) is 0 Å². The van der Waals surface area contributed by atoms with Gasteiger partial charge in [-0.3, -0.25) is 9.59 Å². The number of rotatable bonds is 3. The first-order valence-corrected chi connectivity index (χ1v) is 5.74. The molecule has 0 aromatic heterocycles. The second-order valence-corrected chi connectivity index (χ2v) is 5.28. The van der Waals surface area contributed by atoms with Gasteiger partial charge in [-0.05, 0) is 39.0 Å². The number of aldehydes is 1. The molecule has 0 aliphatic carbocycles. The third-order valence-electron chi connectivity index (χ3n) is 2.21. The van der Waals surface area contributed by atoms with Gasteiger partial charge >= 0.3 is 0 Å². The summed E-state index contributed by atoms with van der Waals surface area (Å²) in [5.41, 5.74) is 0.388. The first kappa shape index (κ1) is 14.2. The van der Waals surface area contributed by atoms with Gasteiger partial charge in [0.15, 0.2) is 6.29 Å². The molecule has 18 heavy (non-hydrogen) atoms. The molecule has 0 saturated heterocycles. The van der Waals surface area contributed by atoms with E-state index < -0.39 is 0 Å². The monoisotopic (exact) mass is 249 g/mol. The van der Waals surface area contributed by atoms with Crippen LogP contribution in [0.4, 0.5) is 0 Å². The van der Waals surface area contributed by atoms with Gasteiger partial charge in [0.2, 0.25) is 0 Å². The van der Waals surface area contributed by atoms with Crippen molar-refractivity contribution in [2.75, 3.05) is 14.1 Å². The summed E-state index contributed by atoms with van der Waals surface area (Å²) >= 11 is 0. The maximum atomic E-state index is 11.8. The Hall–Kier alpha value is -1.84. The molecule has 0 heterocycles. The van der Waals surface area contributed by atoms with Crippen LogP contribution in [0, 0.1) is 0 Å². The normalized spacial score (nSPS) is 10.9. The molecule has 1 aromatic rings. The van der Waals surface area contributed by atoms with Crippen molar-refractivity contribution >= 4 is 12.2 Å². The number of amides is 1. The third kappa shape index (κ3) is 3.58. The number of carbonyl (C=O) groups excluding carboxylic acids is 2. The van der Waals surface area contributed by atoms with Crippen molar-refractivity contribution in [3.63, 3.8) is 0 Å². The number of ether oxygens (including phenoxy) is 1. The molecular weight excluding hydrogens is 230 g/mol. The van der Waals surface area contributed by atoms with Gasteiger partial charge in [-0.15, -0.1) is 0 Å². The van der Waals surface area contributed by atoms with E-state index in [1.807, 2.05) is 20.8 Å². The fourth-order valence-electron chi connectivity index (χ4n) is 1.49. The van der Waals surface area contributed by atoms with E-state index in [0.29, 0.717) is 23.2 Å². The summed E-state index contributed by atoms with van der Waals surface area (Å²) < 4.78 is 5.66. The van der Waals surface area contributed by atoms with E-state index in [4.69, 9.17) is 4.74 Å². The number of nitrogens with zero attached hydrogens (tertiary/aromatic N) is 1. The van der Waals surface area contributed by atoms with Crippen molar-refractivity contribution in [1.29, 1.82) is 0 Å². The molecule has 0 unspecified atom stereocenters. The van der Waals surface area contributed by atoms with Crippen LogP contribution in [0.5, 0.6) is 5.75 Å². The molecule has 0 N–H and O–H groups in total. The van der Waals surface area contributed by atoms with Crippen LogP contribution < -0.4 is 4.74 Å². The van der Waals surface area contributed by atoms with Crippen LogP contribution in [0.1, 0.15) is 41.5 Å². The van der Waals surface area contributed by atoms with E-state index in [9.17, 15) is 9.59 Å². The molecule has 0 spiro atoms. The van der Waals surface area contributed by atoms with Crippen LogP contribution >= 0.6 is 0 Å². The minimum atomic E-state index is -0.340. The fourth-order valence-corrected chi connectivity index (χ4v) is 1.49. The Balaban J connectivity index is 3.12. The molecule has 1 aromatic carbocycles. The topological polar surface area (TPSA) is 46.6 Å². The van der Waals surface area contributed by atoms with Crippen molar-refractivity contribution in [1.82, 2.24) is 4.90 Å². The highest BCUT2D eigenvalue weighted by Gasteiger charge is 2.16. The van der Waals surface area contributed by atoms with Gasteiger partial charge in [0.25, 0.3) is 5.91 Å². The Morgan fingerprint density at radius 1 is 1.28 bits per heavy atom. The Bertz CT molecular complexity index is 459. The van der Waals surface area contributed by atoms with Crippen LogP contribution in [0.25, 0.3) is 0 Å². The van der Waals surface area contributed by atoms with Crippen molar-refractivity contribution in [2.45, 2.75) is 26.4 Å². The van der Waals surface area contributed by atoms with Crippen LogP contribution in [-0.2, 0) is 0 Å². The summed E-state index contributed by atoms with van der Waals surface area (Å²) in [5, 5.41) is 0. The summed E-state index contributed by atoms with van der Waals surface area (Å²) in [6.45, 7) is 5.77. The number of hydrogen-bond donors (Lipinski definition) is 0. The number of hydrogen-bond acceptors (Lipinski definition) is 3. The lowest BCUT2D eigenvalue weighted by molar-refractivity contribution is 0.0824. The van der Waals surface area contributed by atoms with Crippen LogP contribution in [0.3, 0.4) is 0 Å². The Labute approximate surface area is 108 Å². The summed E-state index contributed by atoms with van der Waals surface area (Å²) in [7, 11) is 3.30. The van der Waals surface area contributed by atoms with E-state index in [1.54, 1.807) is 32.3 Å². The summed E-state index contributed by atoms with van der Waals surface area (Å²) in [6, 6.07) is 4.91. The molecular formula is C14H19NO3. The first-order valence-electron chi connectivity index (χ1n) is 5.74. The third-order valence-corrected chi connectivity index (χ3v) is 2.21. The zero-order chi connectivity index (χ0) is 13.9. The summed E-state index contributed by atoms with van der Waals surface area (Å²) in [6.07, 6.45) is 0.673. The minimum absolute atomic E-state index is 0.195. The van der Waals surface area contributed by atoms with Gasteiger partial charge in [-0.25, -0.2) is 0 Å². The van der Waals surface area contributed by atoms with Crippen molar-refractivity contribution in [3.8, 4) is 5.75 Å². The molecule has 0 bridgehead atoms. The number of benzene rings is 1. The molecule has 4 heteroatoms. The SMILES string of the molecule is CN(C)C(=O)c1ccc(OC(C)(C)C)cc1C=O. The molecule has 0 fully saturated rings. The quantitative estimate of drug-likeness (QED) is 0.773. The first-order chi connectivity index (χ1) is 8.24. The predicted molar refractivity (Wildman–Crippen MR) is 70.2 cm³/mol. The lowest BCUT2D eigenvalue weighted by Gasteiger charge is -2.22. The lowest BCUT2D eigenvalue weighted by Crippen LogP contribution is -2.24. The van der Waals surface area contributed by atoms with Gasteiger partial charge < -0.3 is 9.64 Å². The second-order valence-electron chi connectivity index (χ2n) is 5.28. The molecule has 4 nitrogen and oxygen atoms in total. The highest BCUT2D eigenvalue weighted by Crippen LogP contribution is 2.21. The fraction of sp³-hybridized carbons (Fsp3) is 0.429. The maximum absolute atomic E-state index is 11.8. The van der Waals surface area contributed by atoms with Gasteiger partial charge in [-0.1, -0.05) is 0 Å². The molecule has 0 atom stereocenters. The van der Waals surface area contributed by atoms with Gasteiger partial charge in [-0.2, -0.15) is 0 Å². The van der Waals surface area contributed by atoms with Crippen LogP contribution in [-0.4, -0.2) is 36.8 Å². The number of carbonyl (C=O) groups is 2. The van der Waals surface area contributed by atoms with E-state index in [0.717, 1.165) is 0 Å². The van der Waals surface area contributed by atoms with Gasteiger partial charge in [0.05, 0.1) is 5.56 Å². The molecule has 98 valence electrons. The van der Waals surface area contributed by atoms with Crippen molar-refractivity contribution in [3.05, 3.63) is 29.3 Å². The molecule has 0 aliphatic rings. The van der Waals surface area contributed by atoms with Crippen molar-refractivity contribution in [2.24, 2.45) is 0 Å². The molecule has 0 saturated carbocycles. The Morgan fingerprint density at radius 3 is 2.33 bits per heavy atom. The predicted octanol–water partition coefficient (Wildman–Crippen LogP) is 2.38. The standard InChI is InChI=1S/C14H19NO3/c1-14(2,3)18-11-6-7-12(10(8-11)9-16)13(17)15(4)5/h6-9H,1-5H3. The zero-order valence-corrected chi connectivity index (χ0v) is 11.5. The summed E-state index contributed by atoms with van der Waals surface area (Å²) in [4.78, 5) is 24.3. The van der Waals surface area contributed by atoms with Crippen LogP contribution in [0.15, 0.2) is 18.2 Å². The minimum Gasteiger partial charge on any atom is -0.488 e. The second kappa shape index (κ2) is 5.21. The maximum Gasteiger partial charge on any atom is 0.254 e. The van der Waals surface area contributed by atoms with Crippen LogP contribution in [0.2, 0.25) is 0 Å². The zero-order valence-electron chi connectivity index (χ0n) is 11.5. The smallest absolute Gasteiger partial charge is 0.254 e. The molecule has 1 rings (SSSR count). The average molecular weight is 249 g/mol. The molecule has 1 amide bonds. The van der Waals surface area contributed by atoms with E-state index in [-0.39, 0.29) is 11.5 Å². The van der Waals surface area contributed by atoms with Gasteiger partial charge in [0, 0.05) is 19.7 Å². The van der Waals surface area contributed by atoms with E-state index >= 15 is 0 Å². The van der Waals surface area contributed by atoms with Gasteiger partial charge in [0.1, 0.15) is 11.4 Å². The highest BCUT2D eigenvalue weighted by atomic mass is 16.5.